The number of unbranched alkanes of at least 4 members (excludes halogenated alkanes) is 3. The van der Waals surface area contributed by atoms with Crippen LogP contribution in [0.5, 0.6) is 0 Å². The Bertz CT molecular complexity index is 729. The van der Waals surface area contributed by atoms with Gasteiger partial charge >= 0.3 is 0 Å². The van der Waals surface area contributed by atoms with Gasteiger partial charge in [0.1, 0.15) is 6.04 Å². The van der Waals surface area contributed by atoms with E-state index in [9.17, 15) is 9.90 Å². The third kappa shape index (κ3) is 5.37. The number of amides is 1. The van der Waals surface area contributed by atoms with Crippen LogP contribution in [0.2, 0.25) is 0 Å². The summed E-state index contributed by atoms with van der Waals surface area (Å²) < 4.78 is 5.33. The summed E-state index contributed by atoms with van der Waals surface area (Å²) in [6, 6.07) is 7.21. The Kier molecular flexibility index (Phi) is 6.95. The number of aryl methyl sites for hydroxylation is 1. The Morgan fingerprint density at radius 2 is 2.11 bits per heavy atom. The number of nitrogens with one attached hydrogen (secondary N) is 2. The fraction of sp³-hybridized carbons (Fsp3) is 0.550. The van der Waals surface area contributed by atoms with Crippen LogP contribution in [0, 0.1) is 0 Å². The first-order valence-electron chi connectivity index (χ1n) is 9.78. The van der Waals surface area contributed by atoms with E-state index in [1.165, 1.54) is 19.3 Å². The Morgan fingerprint density at radius 3 is 2.81 bits per heavy atom. The quantitative estimate of drug-likeness (QED) is 0.584. The first-order chi connectivity index (χ1) is 13.2. The third-order valence-electron chi connectivity index (χ3n) is 4.86. The number of benzene rings is 1. The molecule has 0 radical (unpaired) electrons. The Morgan fingerprint density at radius 1 is 1.30 bits per heavy atom. The molecule has 7 nitrogen and oxygen atoms in total. The van der Waals surface area contributed by atoms with Crippen LogP contribution in [-0.2, 0) is 17.8 Å². The van der Waals surface area contributed by atoms with Crippen LogP contribution in [0.25, 0.3) is 11.4 Å². The second-order valence-corrected chi connectivity index (χ2v) is 7.02. The Balaban J connectivity index is 1.50. The fourth-order valence-corrected chi connectivity index (χ4v) is 3.20. The van der Waals surface area contributed by atoms with Crippen molar-refractivity contribution in [2.75, 3.05) is 6.54 Å². The van der Waals surface area contributed by atoms with Gasteiger partial charge in [0.2, 0.25) is 17.6 Å². The normalized spacial score (nSPS) is 19.3. The smallest absolute Gasteiger partial charge is 0.240 e. The molecule has 0 aliphatic carbocycles. The number of aliphatic hydroxyl groups excluding tert-OH is 1. The number of carbonyl (C=O) groups is 1. The zero-order valence-corrected chi connectivity index (χ0v) is 15.8. The molecule has 1 amide bonds. The molecule has 2 aromatic rings. The van der Waals surface area contributed by atoms with Gasteiger partial charge in [-0.1, -0.05) is 55.6 Å². The third-order valence-corrected chi connectivity index (χ3v) is 4.86. The van der Waals surface area contributed by atoms with Gasteiger partial charge in [-0.05, 0) is 24.9 Å². The zero-order valence-electron chi connectivity index (χ0n) is 15.8. The molecule has 1 aliphatic heterocycles. The number of nitrogens with zero attached hydrogens (tertiary/aromatic N) is 2. The van der Waals surface area contributed by atoms with Crippen LogP contribution in [0.4, 0.5) is 0 Å². The average molecular weight is 372 g/mol. The van der Waals surface area contributed by atoms with Crippen molar-refractivity contribution in [3.05, 3.63) is 35.7 Å². The monoisotopic (exact) mass is 372 g/mol. The van der Waals surface area contributed by atoms with E-state index < -0.39 is 12.1 Å². The number of aromatic nitrogens is 2. The van der Waals surface area contributed by atoms with Crippen molar-refractivity contribution in [3.63, 3.8) is 0 Å². The summed E-state index contributed by atoms with van der Waals surface area (Å²) in [6.07, 6.45) is 5.51. The van der Waals surface area contributed by atoms with E-state index in [4.69, 9.17) is 4.52 Å². The summed E-state index contributed by atoms with van der Waals surface area (Å²) in [5.74, 6) is 1.10. The summed E-state index contributed by atoms with van der Waals surface area (Å²) in [5, 5.41) is 19.7. The Hall–Kier alpha value is -2.25. The minimum absolute atomic E-state index is 0.171. The molecule has 2 atom stereocenters. The minimum Gasteiger partial charge on any atom is -0.391 e. The summed E-state index contributed by atoms with van der Waals surface area (Å²) in [5.41, 5.74) is 1.87. The lowest BCUT2D eigenvalue weighted by molar-refractivity contribution is -0.124. The molecular weight excluding hydrogens is 344 g/mol. The minimum atomic E-state index is -0.609. The van der Waals surface area contributed by atoms with Crippen LogP contribution in [0.15, 0.2) is 28.8 Å². The molecule has 3 N–H and O–H groups in total. The lowest BCUT2D eigenvalue weighted by atomic mass is 10.1. The van der Waals surface area contributed by atoms with Gasteiger partial charge in [0.05, 0.1) is 6.10 Å². The molecule has 1 saturated heterocycles. The lowest BCUT2D eigenvalue weighted by Gasteiger charge is -2.14. The molecule has 1 aromatic carbocycles. The highest BCUT2D eigenvalue weighted by Crippen LogP contribution is 2.18. The molecule has 146 valence electrons. The van der Waals surface area contributed by atoms with Crippen molar-refractivity contribution in [1.82, 2.24) is 20.8 Å². The second kappa shape index (κ2) is 9.62. The maximum absolute atomic E-state index is 12.1. The van der Waals surface area contributed by atoms with Crippen LogP contribution < -0.4 is 10.6 Å². The second-order valence-electron chi connectivity index (χ2n) is 7.02. The van der Waals surface area contributed by atoms with E-state index >= 15 is 0 Å². The van der Waals surface area contributed by atoms with Crippen molar-refractivity contribution in [1.29, 1.82) is 0 Å². The highest BCUT2D eigenvalue weighted by atomic mass is 16.5. The zero-order chi connectivity index (χ0) is 19.1. The molecule has 0 bridgehead atoms. The predicted molar refractivity (Wildman–Crippen MR) is 102 cm³/mol. The van der Waals surface area contributed by atoms with Gasteiger partial charge in [0.25, 0.3) is 0 Å². The maximum atomic E-state index is 12.1. The molecule has 1 aromatic heterocycles. The van der Waals surface area contributed by atoms with Gasteiger partial charge in [-0.25, -0.2) is 0 Å². The van der Waals surface area contributed by atoms with Crippen molar-refractivity contribution < 1.29 is 14.4 Å². The summed E-state index contributed by atoms with van der Waals surface area (Å²) >= 11 is 0. The standard InChI is InChI=1S/C20H28N4O3/c1-2-3-4-5-6-17-23-19(24-27-17)15-9-7-14(8-10-15)13-22-20(26)18-16(25)11-12-21-18/h7-10,16,18,21,25H,2-6,11-13H2,1H3,(H,22,26)/t16-,18-/m0/s1. The van der Waals surface area contributed by atoms with Gasteiger partial charge in [-0.15, -0.1) is 0 Å². The predicted octanol–water partition coefficient (Wildman–Crippen LogP) is 2.20. The summed E-state index contributed by atoms with van der Waals surface area (Å²) in [4.78, 5) is 16.5. The number of rotatable bonds is 9. The molecule has 3 rings (SSSR count). The molecule has 0 spiro atoms. The number of hydrogen-bond donors (Lipinski definition) is 3. The number of aliphatic hydroxyl groups is 1. The highest BCUT2D eigenvalue weighted by molar-refractivity contribution is 5.82. The first kappa shape index (κ1) is 19.5. The number of hydrogen-bond acceptors (Lipinski definition) is 6. The van der Waals surface area contributed by atoms with Gasteiger partial charge in [0, 0.05) is 18.5 Å². The largest absolute Gasteiger partial charge is 0.391 e. The molecule has 7 heteroatoms. The van der Waals surface area contributed by atoms with E-state index in [-0.39, 0.29) is 5.91 Å². The van der Waals surface area contributed by atoms with Gasteiger partial charge in [-0.2, -0.15) is 4.98 Å². The van der Waals surface area contributed by atoms with Crippen molar-refractivity contribution >= 4 is 5.91 Å². The summed E-state index contributed by atoms with van der Waals surface area (Å²) in [7, 11) is 0. The van der Waals surface area contributed by atoms with Crippen molar-refractivity contribution in [2.24, 2.45) is 0 Å². The molecule has 27 heavy (non-hydrogen) atoms. The maximum Gasteiger partial charge on any atom is 0.240 e. The van der Waals surface area contributed by atoms with Gasteiger partial charge in [-0.3, -0.25) is 4.79 Å². The van der Waals surface area contributed by atoms with Gasteiger partial charge < -0.3 is 20.3 Å². The average Bonchev–Trinajstić information content (AvgIpc) is 3.33. The Labute approximate surface area is 159 Å². The van der Waals surface area contributed by atoms with Crippen molar-refractivity contribution in [2.45, 2.75) is 64.1 Å². The number of carbonyl (C=O) groups excluding carboxylic acids is 1. The topological polar surface area (TPSA) is 100 Å². The van der Waals surface area contributed by atoms with E-state index in [1.54, 1.807) is 0 Å². The SMILES string of the molecule is CCCCCCc1nc(-c2ccc(CNC(=O)[C@H]3NCC[C@@H]3O)cc2)no1. The molecule has 1 fully saturated rings. The van der Waals surface area contributed by atoms with Crippen molar-refractivity contribution in [3.8, 4) is 11.4 Å². The van der Waals surface area contributed by atoms with Crippen LogP contribution in [0.1, 0.15) is 50.5 Å². The summed E-state index contributed by atoms with van der Waals surface area (Å²) in [6.45, 7) is 3.27. The molecule has 2 heterocycles. The van der Waals surface area contributed by atoms with E-state index in [0.29, 0.717) is 31.2 Å². The molecule has 0 unspecified atom stereocenters. The lowest BCUT2D eigenvalue weighted by Crippen LogP contribution is -2.45. The first-order valence-corrected chi connectivity index (χ1v) is 9.78. The molecule has 0 saturated carbocycles. The van der Waals surface area contributed by atoms with Crippen LogP contribution in [0.3, 0.4) is 0 Å². The fourth-order valence-electron chi connectivity index (χ4n) is 3.20. The highest BCUT2D eigenvalue weighted by Gasteiger charge is 2.30. The van der Waals surface area contributed by atoms with Crippen LogP contribution in [-0.4, -0.2) is 39.8 Å². The van der Waals surface area contributed by atoms with Gasteiger partial charge in [0.15, 0.2) is 0 Å². The van der Waals surface area contributed by atoms with E-state index in [1.807, 2.05) is 24.3 Å². The van der Waals surface area contributed by atoms with E-state index in [0.717, 1.165) is 24.0 Å². The van der Waals surface area contributed by atoms with E-state index in [2.05, 4.69) is 27.7 Å². The van der Waals surface area contributed by atoms with Crippen LogP contribution >= 0.6 is 0 Å². The molecule has 1 aliphatic rings. The molecular formula is C20H28N4O3.